The van der Waals surface area contributed by atoms with Gasteiger partial charge in [0.05, 0.1) is 0 Å². The molecule has 1 unspecified atom stereocenters. The van der Waals surface area contributed by atoms with Crippen molar-refractivity contribution in [1.82, 2.24) is 15.5 Å². The SMILES string of the molecule is CCCN(CCC)C(=O)c1cccc(C(=O)NC2CCCNC2)c1. The van der Waals surface area contributed by atoms with E-state index in [1.54, 1.807) is 24.3 Å². The average molecular weight is 331 g/mol. The molecule has 132 valence electrons. The fraction of sp³-hybridized carbons (Fsp3) is 0.579. The third-order valence-corrected chi connectivity index (χ3v) is 4.28. The van der Waals surface area contributed by atoms with Crippen LogP contribution in [0.2, 0.25) is 0 Å². The number of amides is 2. The van der Waals surface area contributed by atoms with Gasteiger partial charge in [0.25, 0.3) is 11.8 Å². The quantitative estimate of drug-likeness (QED) is 0.807. The van der Waals surface area contributed by atoms with Crippen LogP contribution in [0.25, 0.3) is 0 Å². The van der Waals surface area contributed by atoms with E-state index in [-0.39, 0.29) is 17.9 Å². The molecule has 0 bridgehead atoms. The topological polar surface area (TPSA) is 61.4 Å². The molecule has 1 saturated heterocycles. The maximum Gasteiger partial charge on any atom is 0.253 e. The summed E-state index contributed by atoms with van der Waals surface area (Å²) in [6, 6.07) is 7.23. The van der Waals surface area contributed by atoms with Crippen LogP contribution in [-0.4, -0.2) is 48.9 Å². The molecule has 1 aliphatic heterocycles. The van der Waals surface area contributed by atoms with Gasteiger partial charge in [-0.2, -0.15) is 0 Å². The highest BCUT2D eigenvalue weighted by molar-refractivity contribution is 5.99. The van der Waals surface area contributed by atoms with Crippen molar-refractivity contribution < 1.29 is 9.59 Å². The monoisotopic (exact) mass is 331 g/mol. The number of rotatable bonds is 7. The number of carbonyl (C=O) groups excluding carboxylic acids is 2. The molecule has 5 heteroatoms. The van der Waals surface area contributed by atoms with Gasteiger partial charge in [-0.05, 0) is 50.4 Å². The van der Waals surface area contributed by atoms with Crippen LogP contribution in [-0.2, 0) is 0 Å². The van der Waals surface area contributed by atoms with E-state index in [9.17, 15) is 9.59 Å². The first-order valence-corrected chi connectivity index (χ1v) is 9.06. The maximum absolute atomic E-state index is 12.7. The van der Waals surface area contributed by atoms with Crippen LogP contribution < -0.4 is 10.6 Å². The molecule has 1 heterocycles. The number of nitrogens with zero attached hydrogens (tertiary/aromatic N) is 1. The Hall–Kier alpha value is -1.88. The fourth-order valence-electron chi connectivity index (χ4n) is 3.07. The van der Waals surface area contributed by atoms with Crippen LogP contribution in [0, 0.1) is 0 Å². The van der Waals surface area contributed by atoms with Crippen LogP contribution in [0.4, 0.5) is 0 Å². The molecule has 0 spiro atoms. The van der Waals surface area contributed by atoms with Crippen molar-refractivity contribution in [3.05, 3.63) is 35.4 Å². The summed E-state index contributed by atoms with van der Waals surface area (Å²) in [6.07, 6.45) is 3.94. The molecule has 1 aliphatic rings. The lowest BCUT2D eigenvalue weighted by molar-refractivity contribution is 0.0755. The van der Waals surface area contributed by atoms with E-state index < -0.39 is 0 Å². The van der Waals surface area contributed by atoms with Gasteiger partial charge in [-0.3, -0.25) is 9.59 Å². The van der Waals surface area contributed by atoms with Crippen LogP contribution in [0.5, 0.6) is 0 Å². The summed E-state index contributed by atoms with van der Waals surface area (Å²) in [5, 5.41) is 6.34. The molecule has 0 radical (unpaired) electrons. The lowest BCUT2D eigenvalue weighted by atomic mass is 10.1. The Kier molecular flexibility index (Phi) is 7.25. The molecule has 2 N–H and O–H groups in total. The smallest absolute Gasteiger partial charge is 0.253 e. The van der Waals surface area contributed by atoms with Crippen molar-refractivity contribution in [3.8, 4) is 0 Å². The zero-order valence-corrected chi connectivity index (χ0v) is 14.8. The highest BCUT2D eigenvalue weighted by Gasteiger charge is 2.19. The number of benzene rings is 1. The van der Waals surface area contributed by atoms with E-state index in [0.29, 0.717) is 11.1 Å². The van der Waals surface area contributed by atoms with Crippen LogP contribution >= 0.6 is 0 Å². The Morgan fingerprint density at radius 1 is 1.21 bits per heavy atom. The van der Waals surface area contributed by atoms with E-state index in [1.165, 1.54) is 0 Å². The summed E-state index contributed by atoms with van der Waals surface area (Å²) in [7, 11) is 0. The van der Waals surface area contributed by atoms with Crippen LogP contribution in [0.3, 0.4) is 0 Å². The van der Waals surface area contributed by atoms with E-state index in [1.807, 2.05) is 4.90 Å². The van der Waals surface area contributed by atoms with Gasteiger partial charge in [-0.25, -0.2) is 0 Å². The minimum atomic E-state index is -0.101. The molecular formula is C19H29N3O2. The summed E-state index contributed by atoms with van der Waals surface area (Å²) in [6.45, 7) is 7.45. The molecule has 1 atom stereocenters. The first-order valence-electron chi connectivity index (χ1n) is 9.06. The standard InChI is InChI=1S/C19H29N3O2/c1-3-11-22(12-4-2)19(24)16-8-5-7-15(13-16)18(23)21-17-9-6-10-20-14-17/h5,7-8,13,17,20H,3-4,6,9-12,14H2,1-2H3,(H,21,23). The number of hydrogen-bond donors (Lipinski definition) is 2. The molecule has 1 fully saturated rings. The summed E-state index contributed by atoms with van der Waals surface area (Å²) in [5.74, 6) is -0.0939. The zero-order valence-electron chi connectivity index (χ0n) is 14.8. The third-order valence-electron chi connectivity index (χ3n) is 4.28. The van der Waals surface area contributed by atoms with Crippen LogP contribution in [0.15, 0.2) is 24.3 Å². The van der Waals surface area contributed by atoms with E-state index in [4.69, 9.17) is 0 Å². The highest BCUT2D eigenvalue weighted by atomic mass is 16.2. The Balaban J connectivity index is 2.06. The molecule has 5 nitrogen and oxygen atoms in total. The van der Waals surface area contributed by atoms with Gasteiger partial charge in [-0.15, -0.1) is 0 Å². The third kappa shape index (κ3) is 5.06. The largest absolute Gasteiger partial charge is 0.348 e. The summed E-state index contributed by atoms with van der Waals surface area (Å²) in [5.41, 5.74) is 1.14. The molecule has 0 saturated carbocycles. The minimum Gasteiger partial charge on any atom is -0.348 e. The van der Waals surface area contributed by atoms with Gasteiger partial charge < -0.3 is 15.5 Å². The van der Waals surface area contributed by atoms with Gasteiger partial charge in [0.2, 0.25) is 0 Å². The van der Waals surface area contributed by atoms with Gasteiger partial charge in [-0.1, -0.05) is 19.9 Å². The number of carbonyl (C=O) groups is 2. The van der Waals surface area contributed by atoms with Crippen molar-refractivity contribution in [2.24, 2.45) is 0 Å². The normalized spacial score (nSPS) is 17.3. The first-order chi connectivity index (χ1) is 11.7. The predicted octanol–water partition coefficient (Wildman–Crippen LogP) is 2.43. The van der Waals surface area contributed by atoms with Gasteiger partial charge in [0.15, 0.2) is 0 Å². The van der Waals surface area contributed by atoms with Crippen LogP contribution in [0.1, 0.15) is 60.2 Å². The molecule has 0 aliphatic carbocycles. The Morgan fingerprint density at radius 2 is 1.92 bits per heavy atom. The molecule has 0 aromatic heterocycles. The van der Waals surface area contributed by atoms with E-state index in [2.05, 4.69) is 24.5 Å². The average Bonchev–Trinajstić information content (AvgIpc) is 2.62. The Bertz CT molecular complexity index is 547. The summed E-state index contributed by atoms with van der Waals surface area (Å²) >= 11 is 0. The van der Waals surface area contributed by atoms with Crippen molar-refractivity contribution in [2.75, 3.05) is 26.2 Å². The van der Waals surface area contributed by atoms with Crippen molar-refractivity contribution >= 4 is 11.8 Å². The molecule has 2 amide bonds. The predicted molar refractivity (Wildman–Crippen MR) is 96.3 cm³/mol. The molecule has 2 rings (SSSR count). The second-order valence-corrected chi connectivity index (χ2v) is 6.39. The maximum atomic E-state index is 12.7. The van der Waals surface area contributed by atoms with Crippen molar-refractivity contribution in [1.29, 1.82) is 0 Å². The molecule has 1 aromatic carbocycles. The van der Waals surface area contributed by atoms with Crippen molar-refractivity contribution in [2.45, 2.75) is 45.6 Å². The molecule has 24 heavy (non-hydrogen) atoms. The number of piperidine rings is 1. The Labute approximate surface area is 144 Å². The van der Waals surface area contributed by atoms with Gasteiger partial charge in [0.1, 0.15) is 0 Å². The lowest BCUT2D eigenvalue weighted by Gasteiger charge is -2.24. The highest BCUT2D eigenvalue weighted by Crippen LogP contribution is 2.11. The second-order valence-electron chi connectivity index (χ2n) is 6.39. The number of hydrogen-bond acceptors (Lipinski definition) is 3. The van der Waals surface area contributed by atoms with Gasteiger partial charge >= 0.3 is 0 Å². The summed E-state index contributed by atoms with van der Waals surface area (Å²) < 4.78 is 0. The number of nitrogens with one attached hydrogen (secondary N) is 2. The van der Waals surface area contributed by atoms with Crippen molar-refractivity contribution in [3.63, 3.8) is 0 Å². The lowest BCUT2D eigenvalue weighted by Crippen LogP contribution is -2.45. The first kappa shape index (κ1) is 18.5. The second kappa shape index (κ2) is 9.42. The van der Waals surface area contributed by atoms with E-state index >= 15 is 0 Å². The zero-order chi connectivity index (χ0) is 17.4. The Morgan fingerprint density at radius 3 is 2.54 bits per heavy atom. The summed E-state index contributed by atoms with van der Waals surface area (Å²) in [4.78, 5) is 27.0. The van der Waals surface area contributed by atoms with Gasteiger partial charge in [0, 0.05) is 36.8 Å². The molecular weight excluding hydrogens is 302 g/mol. The fourth-order valence-corrected chi connectivity index (χ4v) is 3.07. The molecule has 1 aromatic rings. The van der Waals surface area contributed by atoms with E-state index in [0.717, 1.165) is 51.9 Å². The minimum absolute atomic E-state index is 0.00711.